The van der Waals surface area contributed by atoms with Crippen LogP contribution in [-0.2, 0) is 4.79 Å². The molecule has 3 rings (SSSR count). The highest BCUT2D eigenvalue weighted by atomic mass is 16.2. The first-order valence-electron chi connectivity index (χ1n) is 9.94. The molecule has 0 spiro atoms. The van der Waals surface area contributed by atoms with Crippen LogP contribution in [0.2, 0.25) is 0 Å². The predicted molar refractivity (Wildman–Crippen MR) is 110 cm³/mol. The van der Waals surface area contributed by atoms with Gasteiger partial charge >= 0.3 is 0 Å². The number of unbranched alkanes of at least 4 members (excludes halogenated alkanes) is 1. The van der Waals surface area contributed by atoms with Crippen LogP contribution in [0, 0.1) is 20.8 Å². The van der Waals surface area contributed by atoms with Gasteiger partial charge in [-0.25, -0.2) is 9.97 Å². The number of benzene rings is 1. The number of hydrogen-bond acceptors (Lipinski definition) is 4. The minimum absolute atomic E-state index is 0.285. The fraction of sp³-hybridized carbons (Fsp3) is 0.500. The SMILES string of the molecule is CCCCC(=O)N1CCN(c2nc(-c3cccc(C)c3)nc(C)c2C)CC1. The Morgan fingerprint density at radius 1 is 1.07 bits per heavy atom. The molecule has 0 saturated carbocycles. The van der Waals surface area contributed by atoms with Crippen molar-refractivity contribution in [1.82, 2.24) is 14.9 Å². The first kappa shape index (κ1) is 19.3. The molecule has 1 aliphatic heterocycles. The summed E-state index contributed by atoms with van der Waals surface area (Å²) in [4.78, 5) is 26.2. The van der Waals surface area contributed by atoms with Crippen molar-refractivity contribution in [3.8, 4) is 11.4 Å². The van der Waals surface area contributed by atoms with Crippen molar-refractivity contribution in [2.45, 2.75) is 47.0 Å². The standard InChI is InChI=1S/C22H30N4O/c1-5-6-10-20(27)25-11-13-26(14-12-25)22-17(3)18(4)23-21(24-22)19-9-7-8-16(2)15-19/h7-9,15H,5-6,10-14H2,1-4H3. The van der Waals surface area contributed by atoms with Gasteiger partial charge in [-0.2, -0.15) is 0 Å². The first-order chi connectivity index (χ1) is 13.0. The van der Waals surface area contributed by atoms with Crippen molar-refractivity contribution in [2.75, 3.05) is 31.1 Å². The molecule has 2 aromatic rings. The fourth-order valence-corrected chi connectivity index (χ4v) is 3.49. The smallest absolute Gasteiger partial charge is 0.222 e. The van der Waals surface area contributed by atoms with Crippen LogP contribution in [0.3, 0.4) is 0 Å². The highest BCUT2D eigenvalue weighted by molar-refractivity contribution is 5.76. The van der Waals surface area contributed by atoms with E-state index in [-0.39, 0.29) is 5.91 Å². The maximum atomic E-state index is 12.3. The molecule has 0 atom stereocenters. The van der Waals surface area contributed by atoms with Gasteiger partial charge in [-0.3, -0.25) is 4.79 Å². The molecule has 0 bridgehead atoms. The Bertz CT molecular complexity index is 810. The Morgan fingerprint density at radius 2 is 1.81 bits per heavy atom. The van der Waals surface area contributed by atoms with E-state index in [1.807, 2.05) is 17.9 Å². The Kier molecular flexibility index (Phi) is 6.09. The van der Waals surface area contributed by atoms with Gasteiger partial charge in [-0.05, 0) is 33.3 Å². The second-order valence-electron chi connectivity index (χ2n) is 7.42. The molecule has 0 N–H and O–H groups in total. The number of carbonyl (C=O) groups excluding carboxylic acids is 1. The molecule has 5 nitrogen and oxygen atoms in total. The highest BCUT2D eigenvalue weighted by Crippen LogP contribution is 2.26. The van der Waals surface area contributed by atoms with Gasteiger partial charge in [0.1, 0.15) is 5.82 Å². The minimum Gasteiger partial charge on any atom is -0.353 e. The van der Waals surface area contributed by atoms with E-state index in [2.05, 4.69) is 43.9 Å². The normalized spacial score (nSPS) is 14.5. The van der Waals surface area contributed by atoms with E-state index in [1.165, 1.54) is 5.56 Å². The van der Waals surface area contributed by atoms with Crippen molar-refractivity contribution in [3.63, 3.8) is 0 Å². The summed E-state index contributed by atoms with van der Waals surface area (Å²) in [5.41, 5.74) is 4.39. The molecule has 0 aliphatic carbocycles. The van der Waals surface area contributed by atoms with Crippen LogP contribution in [0.25, 0.3) is 11.4 Å². The zero-order chi connectivity index (χ0) is 19.4. The van der Waals surface area contributed by atoms with E-state index in [4.69, 9.17) is 9.97 Å². The molecule has 1 aromatic carbocycles. The van der Waals surface area contributed by atoms with Crippen LogP contribution in [0.5, 0.6) is 0 Å². The third kappa shape index (κ3) is 4.46. The maximum Gasteiger partial charge on any atom is 0.222 e. The zero-order valence-electron chi connectivity index (χ0n) is 17.0. The highest BCUT2D eigenvalue weighted by Gasteiger charge is 2.23. The lowest BCUT2D eigenvalue weighted by Gasteiger charge is -2.36. The molecule has 27 heavy (non-hydrogen) atoms. The van der Waals surface area contributed by atoms with Crippen molar-refractivity contribution in [1.29, 1.82) is 0 Å². The van der Waals surface area contributed by atoms with Gasteiger partial charge in [-0.1, -0.05) is 37.1 Å². The minimum atomic E-state index is 0.285. The van der Waals surface area contributed by atoms with Crippen LogP contribution < -0.4 is 4.90 Å². The van der Waals surface area contributed by atoms with Gasteiger partial charge in [-0.15, -0.1) is 0 Å². The number of aromatic nitrogens is 2. The summed E-state index contributed by atoms with van der Waals surface area (Å²) >= 11 is 0. The van der Waals surface area contributed by atoms with E-state index < -0.39 is 0 Å². The lowest BCUT2D eigenvalue weighted by atomic mass is 10.1. The largest absolute Gasteiger partial charge is 0.353 e. The number of nitrogens with zero attached hydrogens (tertiary/aromatic N) is 4. The van der Waals surface area contributed by atoms with Gasteiger partial charge < -0.3 is 9.80 Å². The number of amides is 1. The van der Waals surface area contributed by atoms with Crippen LogP contribution in [0.1, 0.15) is 43.0 Å². The second kappa shape index (κ2) is 8.51. The molecular formula is C22H30N4O. The number of rotatable bonds is 5. The maximum absolute atomic E-state index is 12.3. The van der Waals surface area contributed by atoms with Gasteiger partial charge in [0.25, 0.3) is 0 Å². The van der Waals surface area contributed by atoms with E-state index in [0.29, 0.717) is 6.42 Å². The fourth-order valence-electron chi connectivity index (χ4n) is 3.49. The number of carbonyl (C=O) groups is 1. The molecule has 1 fully saturated rings. The summed E-state index contributed by atoms with van der Waals surface area (Å²) in [6, 6.07) is 8.31. The molecular weight excluding hydrogens is 336 g/mol. The lowest BCUT2D eigenvalue weighted by Crippen LogP contribution is -2.49. The van der Waals surface area contributed by atoms with Gasteiger partial charge in [0.15, 0.2) is 5.82 Å². The van der Waals surface area contributed by atoms with Crippen molar-refractivity contribution >= 4 is 11.7 Å². The van der Waals surface area contributed by atoms with Gasteiger partial charge in [0, 0.05) is 49.4 Å². The quantitative estimate of drug-likeness (QED) is 0.805. The summed E-state index contributed by atoms with van der Waals surface area (Å²) in [7, 11) is 0. The Balaban J connectivity index is 1.78. The summed E-state index contributed by atoms with van der Waals surface area (Å²) < 4.78 is 0. The number of piperazine rings is 1. The van der Waals surface area contributed by atoms with Crippen LogP contribution >= 0.6 is 0 Å². The Hall–Kier alpha value is -2.43. The van der Waals surface area contributed by atoms with E-state index >= 15 is 0 Å². The number of anilines is 1. The van der Waals surface area contributed by atoms with Crippen LogP contribution in [0.15, 0.2) is 24.3 Å². The van der Waals surface area contributed by atoms with Gasteiger partial charge in [0.05, 0.1) is 0 Å². The van der Waals surface area contributed by atoms with Crippen LogP contribution in [0.4, 0.5) is 5.82 Å². The monoisotopic (exact) mass is 366 g/mol. The molecule has 2 heterocycles. The average molecular weight is 367 g/mol. The summed E-state index contributed by atoms with van der Waals surface area (Å²) in [5.74, 6) is 2.06. The topological polar surface area (TPSA) is 49.3 Å². The van der Waals surface area contributed by atoms with Crippen LogP contribution in [-0.4, -0.2) is 47.0 Å². The number of hydrogen-bond donors (Lipinski definition) is 0. The summed E-state index contributed by atoms with van der Waals surface area (Å²) in [6.07, 6.45) is 2.70. The van der Waals surface area contributed by atoms with Gasteiger partial charge in [0.2, 0.25) is 5.91 Å². The van der Waals surface area contributed by atoms with Crippen molar-refractivity contribution in [2.24, 2.45) is 0 Å². The molecule has 0 unspecified atom stereocenters. The lowest BCUT2D eigenvalue weighted by molar-refractivity contribution is -0.131. The summed E-state index contributed by atoms with van der Waals surface area (Å²) in [5, 5.41) is 0. The Morgan fingerprint density at radius 3 is 2.48 bits per heavy atom. The first-order valence-corrected chi connectivity index (χ1v) is 9.94. The molecule has 1 aliphatic rings. The zero-order valence-corrected chi connectivity index (χ0v) is 17.0. The Labute approximate surface area is 162 Å². The van der Waals surface area contributed by atoms with E-state index in [9.17, 15) is 4.79 Å². The number of aryl methyl sites for hydroxylation is 2. The third-order valence-corrected chi connectivity index (χ3v) is 5.32. The summed E-state index contributed by atoms with van der Waals surface area (Å²) in [6.45, 7) is 11.5. The molecule has 0 radical (unpaired) electrons. The van der Waals surface area contributed by atoms with E-state index in [1.54, 1.807) is 0 Å². The molecule has 1 saturated heterocycles. The molecule has 5 heteroatoms. The van der Waals surface area contributed by atoms with Crippen molar-refractivity contribution < 1.29 is 4.79 Å². The molecule has 1 amide bonds. The van der Waals surface area contributed by atoms with Crippen molar-refractivity contribution in [3.05, 3.63) is 41.1 Å². The van der Waals surface area contributed by atoms with E-state index in [0.717, 1.165) is 67.5 Å². The molecule has 1 aromatic heterocycles. The molecule has 144 valence electrons. The third-order valence-electron chi connectivity index (χ3n) is 5.32. The second-order valence-corrected chi connectivity index (χ2v) is 7.42. The average Bonchev–Trinajstić information content (AvgIpc) is 2.68. The predicted octanol–water partition coefficient (Wildman–Crippen LogP) is 3.91.